The molecular weight excluding hydrogens is 424 g/mol. The van der Waals surface area contributed by atoms with Crippen LogP contribution in [0.15, 0.2) is 54.6 Å². The molecule has 7 heteroatoms. The molecule has 1 aliphatic rings. The lowest BCUT2D eigenvalue weighted by atomic mass is 10.0. The van der Waals surface area contributed by atoms with E-state index in [0.29, 0.717) is 12.5 Å². The first-order valence-corrected chi connectivity index (χ1v) is 12.4. The Kier molecular flexibility index (Phi) is 8.31. The molecule has 3 aromatic rings. The second kappa shape index (κ2) is 11.8. The van der Waals surface area contributed by atoms with Crippen LogP contribution in [-0.2, 0) is 11.2 Å². The fraction of sp³-hybridized carbons (Fsp3) is 0.444. The zero-order chi connectivity index (χ0) is 23.8. The van der Waals surface area contributed by atoms with E-state index in [9.17, 15) is 4.79 Å². The van der Waals surface area contributed by atoms with E-state index in [-0.39, 0.29) is 11.9 Å². The number of aryl methyl sites for hydroxylation is 2. The molecule has 1 aliphatic heterocycles. The SMILES string of the molecule is Cc1nc(C(C)NC2CCN(c3ccc(NC(=O)CCCCc4ccccc4)cc3)CC2)n[nH]1. The molecule has 2 aromatic carbocycles. The fourth-order valence-corrected chi connectivity index (χ4v) is 4.52. The molecule has 1 amide bonds. The maximum absolute atomic E-state index is 12.3. The minimum atomic E-state index is 0.0865. The molecule has 0 spiro atoms. The number of nitrogens with one attached hydrogen (secondary N) is 3. The number of aromatic nitrogens is 3. The Morgan fingerprint density at radius 1 is 1.09 bits per heavy atom. The first-order chi connectivity index (χ1) is 16.6. The normalized spacial score (nSPS) is 15.3. The van der Waals surface area contributed by atoms with Crippen molar-refractivity contribution in [2.45, 2.75) is 64.5 Å². The summed E-state index contributed by atoms with van der Waals surface area (Å²) in [5, 5.41) is 13.9. The van der Waals surface area contributed by atoms with Crippen molar-refractivity contribution in [2.75, 3.05) is 23.3 Å². The maximum atomic E-state index is 12.3. The first kappa shape index (κ1) is 24.0. The van der Waals surface area contributed by atoms with Gasteiger partial charge in [-0.25, -0.2) is 4.98 Å². The molecule has 0 aliphatic carbocycles. The number of unbranched alkanes of at least 4 members (excludes halogenated alkanes) is 1. The Morgan fingerprint density at radius 2 is 1.82 bits per heavy atom. The summed E-state index contributed by atoms with van der Waals surface area (Å²) in [5.41, 5.74) is 3.40. The van der Waals surface area contributed by atoms with E-state index in [0.717, 1.165) is 62.5 Å². The van der Waals surface area contributed by atoms with Crippen LogP contribution in [-0.4, -0.2) is 40.2 Å². The summed E-state index contributed by atoms with van der Waals surface area (Å²) in [6.07, 6.45) is 5.66. The van der Waals surface area contributed by atoms with Gasteiger partial charge < -0.3 is 15.5 Å². The highest BCUT2D eigenvalue weighted by Crippen LogP contribution is 2.23. The predicted molar refractivity (Wildman–Crippen MR) is 137 cm³/mol. The summed E-state index contributed by atoms with van der Waals surface area (Å²) >= 11 is 0. The summed E-state index contributed by atoms with van der Waals surface area (Å²) in [6, 6.07) is 19.3. The predicted octanol–water partition coefficient (Wildman–Crippen LogP) is 4.78. The number of rotatable bonds is 10. The zero-order valence-corrected chi connectivity index (χ0v) is 20.3. The van der Waals surface area contributed by atoms with Crippen molar-refractivity contribution in [1.82, 2.24) is 20.5 Å². The van der Waals surface area contributed by atoms with Gasteiger partial charge in [-0.2, -0.15) is 5.10 Å². The number of H-pyrrole nitrogens is 1. The molecule has 0 radical (unpaired) electrons. The molecule has 180 valence electrons. The first-order valence-electron chi connectivity index (χ1n) is 12.4. The summed E-state index contributed by atoms with van der Waals surface area (Å²) in [5.74, 6) is 1.76. The molecule has 7 nitrogen and oxygen atoms in total. The van der Waals surface area contributed by atoms with Gasteiger partial charge in [0.25, 0.3) is 0 Å². The second-order valence-corrected chi connectivity index (χ2v) is 9.22. The van der Waals surface area contributed by atoms with Gasteiger partial charge in [-0.05, 0) is 75.8 Å². The number of amides is 1. The lowest BCUT2D eigenvalue weighted by Crippen LogP contribution is -2.43. The average molecular weight is 461 g/mol. The summed E-state index contributed by atoms with van der Waals surface area (Å²) in [7, 11) is 0. The molecule has 4 rings (SSSR count). The number of nitrogens with zero attached hydrogens (tertiary/aromatic N) is 3. The summed E-state index contributed by atoms with van der Waals surface area (Å²) in [4.78, 5) is 19.1. The van der Waals surface area contributed by atoms with Gasteiger partial charge in [0.15, 0.2) is 5.82 Å². The third kappa shape index (κ3) is 6.90. The van der Waals surface area contributed by atoms with Gasteiger partial charge in [0.05, 0.1) is 6.04 Å². The van der Waals surface area contributed by atoms with Crippen LogP contribution in [0.4, 0.5) is 11.4 Å². The Balaban J connectivity index is 1.16. The molecule has 1 aromatic heterocycles. The lowest BCUT2D eigenvalue weighted by Gasteiger charge is -2.35. The van der Waals surface area contributed by atoms with Gasteiger partial charge in [0.1, 0.15) is 5.82 Å². The number of carbonyl (C=O) groups is 1. The highest BCUT2D eigenvalue weighted by molar-refractivity contribution is 5.90. The van der Waals surface area contributed by atoms with Crippen molar-refractivity contribution in [3.63, 3.8) is 0 Å². The van der Waals surface area contributed by atoms with Gasteiger partial charge in [0, 0.05) is 36.9 Å². The van der Waals surface area contributed by atoms with Crippen molar-refractivity contribution >= 4 is 17.3 Å². The van der Waals surface area contributed by atoms with Crippen molar-refractivity contribution in [3.8, 4) is 0 Å². The topological polar surface area (TPSA) is 85.9 Å². The summed E-state index contributed by atoms with van der Waals surface area (Å²) in [6.45, 7) is 6.05. The van der Waals surface area contributed by atoms with Crippen LogP contribution in [0.3, 0.4) is 0 Å². The van der Waals surface area contributed by atoms with Crippen LogP contribution < -0.4 is 15.5 Å². The van der Waals surface area contributed by atoms with E-state index < -0.39 is 0 Å². The molecule has 34 heavy (non-hydrogen) atoms. The van der Waals surface area contributed by atoms with Crippen molar-refractivity contribution in [2.24, 2.45) is 0 Å². The quantitative estimate of drug-likeness (QED) is 0.379. The minimum Gasteiger partial charge on any atom is -0.371 e. The Hall–Kier alpha value is -3.19. The molecule has 1 saturated heterocycles. The zero-order valence-electron chi connectivity index (χ0n) is 20.3. The van der Waals surface area contributed by atoms with Gasteiger partial charge in [-0.3, -0.25) is 9.89 Å². The van der Waals surface area contributed by atoms with Crippen LogP contribution in [0.2, 0.25) is 0 Å². The third-order valence-corrected chi connectivity index (χ3v) is 6.46. The van der Waals surface area contributed by atoms with E-state index >= 15 is 0 Å². The van der Waals surface area contributed by atoms with Crippen molar-refractivity contribution in [1.29, 1.82) is 0 Å². The number of benzene rings is 2. The Morgan fingerprint density at radius 3 is 2.50 bits per heavy atom. The van der Waals surface area contributed by atoms with E-state index in [1.54, 1.807) is 0 Å². The van der Waals surface area contributed by atoms with Crippen LogP contribution >= 0.6 is 0 Å². The smallest absolute Gasteiger partial charge is 0.224 e. The largest absolute Gasteiger partial charge is 0.371 e. The highest BCUT2D eigenvalue weighted by Gasteiger charge is 2.22. The standard InChI is InChI=1S/C27H36N6O/c1-20(27-29-21(2)31-32-27)28-24-16-18-33(19-17-24)25-14-12-23(13-15-25)30-26(34)11-7-6-10-22-8-4-3-5-9-22/h3-5,8-9,12-15,20,24,28H,6-7,10-11,16-19H2,1-2H3,(H,30,34)(H,29,31,32). The number of anilines is 2. The number of piperidine rings is 1. The van der Waals surface area contributed by atoms with E-state index in [4.69, 9.17) is 0 Å². The van der Waals surface area contributed by atoms with Gasteiger partial charge in [-0.15, -0.1) is 0 Å². The van der Waals surface area contributed by atoms with Crippen molar-refractivity contribution in [3.05, 3.63) is 71.8 Å². The molecule has 0 bridgehead atoms. The molecule has 0 saturated carbocycles. The Labute approximate surface area is 202 Å². The van der Waals surface area contributed by atoms with Gasteiger partial charge >= 0.3 is 0 Å². The van der Waals surface area contributed by atoms with Crippen LogP contribution in [0, 0.1) is 6.92 Å². The van der Waals surface area contributed by atoms with Crippen LogP contribution in [0.25, 0.3) is 0 Å². The number of hydrogen-bond acceptors (Lipinski definition) is 5. The van der Waals surface area contributed by atoms with Crippen LogP contribution in [0.5, 0.6) is 0 Å². The Bertz CT molecular complexity index is 1020. The molecule has 1 fully saturated rings. The van der Waals surface area contributed by atoms with Crippen molar-refractivity contribution < 1.29 is 4.79 Å². The summed E-state index contributed by atoms with van der Waals surface area (Å²) < 4.78 is 0. The molecular formula is C27H36N6O. The van der Waals surface area contributed by atoms with Crippen LogP contribution in [0.1, 0.15) is 62.3 Å². The van der Waals surface area contributed by atoms with E-state index in [1.165, 1.54) is 11.3 Å². The highest BCUT2D eigenvalue weighted by atomic mass is 16.1. The molecule has 1 atom stereocenters. The van der Waals surface area contributed by atoms with E-state index in [2.05, 4.69) is 74.0 Å². The monoisotopic (exact) mass is 460 g/mol. The second-order valence-electron chi connectivity index (χ2n) is 9.22. The molecule has 2 heterocycles. The maximum Gasteiger partial charge on any atom is 0.224 e. The number of aromatic amines is 1. The average Bonchev–Trinajstić information content (AvgIpc) is 3.30. The lowest BCUT2D eigenvalue weighted by molar-refractivity contribution is -0.116. The van der Waals surface area contributed by atoms with Gasteiger partial charge in [-0.1, -0.05) is 30.3 Å². The third-order valence-electron chi connectivity index (χ3n) is 6.46. The number of carbonyl (C=O) groups excluding carboxylic acids is 1. The minimum absolute atomic E-state index is 0.0865. The molecule has 1 unspecified atom stereocenters. The van der Waals surface area contributed by atoms with Gasteiger partial charge in [0.2, 0.25) is 5.91 Å². The molecule has 3 N–H and O–H groups in total. The van der Waals surface area contributed by atoms with E-state index in [1.807, 2.05) is 25.1 Å². The number of hydrogen-bond donors (Lipinski definition) is 3. The fourth-order valence-electron chi connectivity index (χ4n) is 4.52.